The molecule has 6 N–H and O–H groups in total. The number of nitrogen functional groups attached to an aromatic ring is 3. The summed E-state index contributed by atoms with van der Waals surface area (Å²) in [5.74, 6) is 17.1. The maximum atomic E-state index is 11.6. The fraction of sp³-hybridized carbons (Fsp3) is 0.381. The third-order valence-electron chi connectivity index (χ3n) is 32.3. The highest BCUT2D eigenvalue weighted by Gasteiger charge is 2.65. The zero-order valence-corrected chi connectivity index (χ0v) is 75.5. The van der Waals surface area contributed by atoms with Crippen molar-refractivity contribution in [2.75, 3.05) is 17.2 Å². The molecule has 16 saturated carbocycles. The van der Waals surface area contributed by atoms with E-state index in [1.165, 1.54) is 201 Å². The lowest BCUT2D eigenvalue weighted by Gasteiger charge is -2.59. The van der Waals surface area contributed by atoms with Gasteiger partial charge in [-0.3, -0.25) is 4.79 Å². The van der Waals surface area contributed by atoms with Crippen LogP contribution in [0.2, 0.25) is 0 Å². The second-order valence-electron chi connectivity index (χ2n) is 39.3. The Balaban J connectivity index is -0.000000452. The molecule has 22 heteroatoms. The first-order valence-electron chi connectivity index (χ1n) is 46.2. The van der Waals surface area contributed by atoms with Gasteiger partial charge in [0.15, 0.2) is 0 Å². The Morgan fingerprint density at radius 1 is 0.291 bits per heavy atom. The molecule has 9 heterocycles. The average Bonchev–Trinajstić information content (AvgIpc) is 1.61. The molecule has 17 aliphatic rings. The van der Waals surface area contributed by atoms with Crippen LogP contribution in [-0.2, 0) is 27.5 Å². The zero-order chi connectivity index (χ0) is 85.2. The van der Waals surface area contributed by atoms with Crippen molar-refractivity contribution in [3.63, 3.8) is 0 Å². The highest BCUT2D eigenvalue weighted by Crippen LogP contribution is 2.67. The van der Waals surface area contributed by atoms with Gasteiger partial charge in [-0.05, 0) is 309 Å². The molecule has 0 saturated heterocycles. The van der Waals surface area contributed by atoms with E-state index in [0.29, 0.717) is 70.2 Å². The maximum absolute atomic E-state index is 11.6. The summed E-state index contributed by atoms with van der Waals surface area (Å²) >= 11 is 4.56. The molecule has 127 heavy (non-hydrogen) atoms. The molecule has 694 valence electrons. The molecule has 32 rings (SSSR count). The Hall–Kier alpha value is -11.0. The second kappa shape index (κ2) is 32.9. The van der Waals surface area contributed by atoms with Gasteiger partial charge in [-0.1, -0.05) is 121 Å². The lowest BCUT2D eigenvalue weighted by Crippen LogP contribution is -2.57. The molecular formula is C105H156I2N19O-3. The Labute approximate surface area is 808 Å². The van der Waals surface area contributed by atoms with E-state index in [1.807, 2.05) is 49.6 Å². The molecule has 15 aromatic rings. The van der Waals surface area contributed by atoms with Crippen molar-refractivity contribution in [1.29, 1.82) is 0 Å². The summed E-state index contributed by atoms with van der Waals surface area (Å²) < 4.78 is 6.77. The Morgan fingerprint density at radius 2 is 0.528 bits per heavy atom. The van der Waals surface area contributed by atoms with E-state index >= 15 is 0 Å². The molecule has 20 nitrogen and oxygen atoms in total. The Kier molecular flexibility index (Phi) is 20.9. The van der Waals surface area contributed by atoms with Crippen molar-refractivity contribution in [3.05, 3.63) is 292 Å². The summed E-state index contributed by atoms with van der Waals surface area (Å²) in [6, 6.07) is 51.8. The van der Waals surface area contributed by atoms with Crippen LogP contribution in [0.15, 0.2) is 239 Å². The maximum Gasteiger partial charge on any atom is 0.142 e. The molecule has 16 fully saturated rings. The minimum atomic E-state index is -0.383. The smallest absolute Gasteiger partial charge is 0.142 e. The number of aromatic nitrogens is 16. The van der Waals surface area contributed by atoms with Crippen LogP contribution in [0.5, 0.6) is 0 Å². The van der Waals surface area contributed by atoms with Crippen LogP contribution < -0.4 is 17.2 Å². The van der Waals surface area contributed by atoms with Gasteiger partial charge >= 0.3 is 0 Å². The van der Waals surface area contributed by atoms with Gasteiger partial charge < -0.3 is 30.6 Å². The SMILES string of the molecule is Ic1cnc(C2(c3ncc(I)cn3)C3CC4CC(C3)CC2C4)nc1.Nc1cnc(C2(c3ncc(N)cn3)C3CC4CC(C3)CC2C4)nc1.Nc1cncnc1.O=C1C2CC3CC(C2)CC1C3.[H-].[H-].[H-].[HH].[HH].[HH].[HH].[HH].[HH].[HH].[HH].[HH].[HH].[HH].[HH].[HH].[HH].[HH].[HH].[HH].[HH].[HH].[HH].[HH].[HH].[HH].[HH].[HH].c1ccc2c(c1)Cc1ccccc1-2.c1ccc2c(c1)c1ccccc1n2-c1cnc(C2(c3ncc(-n4c5ccccc5c5ccccc54)cn3)C3CC4CC(C3)CC2C4)nc1. The number of hydrogen-bond donors (Lipinski definition) is 3. The van der Waals surface area contributed by atoms with E-state index in [4.69, 9.17) is 57.1 Å². The number of ketones is 1. The van der Waals surface area contributed by atoms with Crippen molar-refractivity contribution < 1.29 is 44.7 Å². The predicted octanol–water partition coefficient (Wildman–Crippen LogP) is 27.4. The van der Waals surface area contributed by atoms with Gasteiger partial charge in [0.1, 0.15) is 47.1 Å². The average molecular weight is 1950 g/mol. The molecule has 0 atom stereocenters. The van der Waals surface area contributed by atoms with Crippen LogP contribution in [0, 0.1) is 102 Å². The molecule has 0 aliphatic heterocycles. The van der Waals surface area contributed by atoms with E-state index in [2.05, 4.69) is 230 Å². The number of nitrogens with two attached hydrogens (primary N) is 3. The molecule has 6 aromatic carbocycles. The number of anilines is 3. The number of fused-ring (bicyclic) bond motifs is 9. The fourth-order valence-corrected chi connectivity index (χ4v) is 28.7. The lowest BCUT2D eigenvalue weighted by molar-refractivity contribution is -0.139. The molecule has 16 bridgehead atoms. The number of Topliss-reactive ketones (excluding diaryl/α,β-unsaturated/α-hetero) is 1. The van der Waals surface area contributed by atoms with Crippen molar-refractivity contribution >= 4 is 112 Å². The van der Waals surface area contributed by atoms with Crippen molar-refractivity contribution in [2.24, 2.45) is 94.7 Å². The number of benzene rings is 6. The van der Waals surface area contributed by atoms with Gasteiger partial charge in [-0.2, -0.15) is 0 Å². The lowest BCUT2D eigenvalue weighted by atomic mass is 9.44. The second-order valence-corrected chi connectivity index (χ2v) is 41.8. The standard InChI is InChI=1S/C42H34N6.C18H18I2N4.C18H22N6.C13H10.C10H14O.C4H5N3.25H2.3H/c1-5-13-36-32(9-1)33-10-2-6-14-37(33)47(36)30-22-43-40(44-23-30)42(28-18-26-17-27(20-28)21-29(42)19-26)41-45-24-31(25-46-41)48-38-15-7-3-11-34(38)35-12-4-8-16-39(35)48;2*19-14-6-21-16(22-7-14)18(17-23-8-15(20)9-24-17)12-2-10-1-11(4-12)5-13(18)3-10;1-3-7-12-10(5-1)9-11-6-2-4-8-13(11)12;11-10-8-2-6-1-7(4-8)5-9(10)3-6;5-4-1-6-3-7-2-4;;;;;;;;;;;;;;;;;;;;;;;;;;;;/h1-16,22-29H,17-21H2;6-13H,1-5H2;6-13H,1-5,19-20H2;1-8H,9H2;6-9H,1-5H2;1-3H,5H2;25*1H;;;/q;;;;;;;;;;;;;;;;;;;;;;;;;;;;;;;3*-1. The highest BCUT2D eigenvalue weighted by atomic mass is 127. The monoisotopic (exact) mass is 1950 g/mol. The molecule has 0 amide bonds. The van der Waals surface area contributed by atoms with Gasteiger partial charge in [0, 0.05) is 101 Å². The predicted molar refractivity (Wildman–Crippen MR) is 568 cm³/mol. The third kappa shape index (κ3) is 14.1. The van der Waals surface area contributed by atoms with Crippen LogP contribution in [0.1, 0.15) is 214 Å². The van der Waals surface area contributed by atoms with Crippen molar-refractivity contribution in [1.82, 2.24) is 78.9 Å². The van der Waals surface area contributed by atoms with Crippen LogP contribution in [0.4, 0.5) is 17.1 Å². The van der Waals surface area contributed by atoms with Crippen molar-refractivity contribution in [3.8, 4) is 22.5 Å². The molecular weight excluding hydrogens is 1800 g/mol. The molecule has 0 radical (unpaired) electrons. The topological polar surface area (TPSA) is 285 Å². The van der Waals surface area contributed by atoms with Gasteiger partial charge in [-0.25, -0.2) is 69.8 Å². The number of halogens is 2. The summed E-state index contributed by atoms with van der Waals surface area (Å²) in [4.78, 5) is 77.8. The van der Waals surface area contributed by atoms with Crippen molar-refractivity contribution in [2.45, 2.75) is 151 Å². The third-order valence-corrected chi connectivity index (χ3v) is 33.4. The van der Waals surface area contributed by atoms with Gasteiger partial charge in [0.25, 0.3) is 0 Å². The first-order valence-corrected chi connectivity index (χ1v) is 48.4. The summed E-state index contributed by atoms with van der Waals surface area (Å²) in [6.45, 7) is 0. The number of carbonyl (C=O) groups is 1. The molecule has 0 unspecified atom stereocenters. The highest BCUT2D eigenvalue weighted by molar-refractivity contribution is 14.1. The Bertz CT molecular complexity index is 6040. The fourth-order valence-electron chi connectivity index (χ4n) is 28.2. The molecule has 17 aliphatic carbocycles. The summed E-state index contributed by atoms with van der Waals surface area (Å²) in [5.41, 5.74) is 30.2. The largest absolute Gasteiger partial charge is 1.00 e. The number of rotatable bonds is 8. The summed E-state index contributed by atoms with van der Waals surface area (Å²) in [5, 5.41) is 4.97. The Morgan fingerprint density at radius 3 is 0.803 bits per heavy atom. The number of hydrogen-bond acceptors (Lipinski definition) is 18. The van der Waals surface area contributed by atoms with Gasteiger partial charge in [-0.15, -0.1) is 0 Å². The quantitative estimate of drug-likeness (QED) is 0.119. The summed E-state index contributed by atoms with van der Waals surface area (Å²) in [7, 11) is 0. The van der Waals surface area contributed by atoms with E-state index in [9.17, 15) is 4.79 Å². The minimum absolute atomic E-state index is 0. The number of carbonyl (C=O) groups excluding carboxylic acids is 1. The van der Waals surface area contributed by atoms with Crippen LogP contribution in [-0.4, -0.2) is 84.7 Å². The zero-order valence-electron chi connectivity index (χ0n) is 74.2. The normalized spacial score (nSPS) is 27.4. The first kappa shape index (κ1) is 80.6. The van der Waals surface area contributed by atoms with E-state index in [0.717, 1.165) is 107 Å². The first-order chi connectivity index (χ1) is 62.3. The van der Waals surface area contributed by atoms with E-state index < -0.39 is 0 Å². The minimum Gasteiger partial charge on any atom is -1.00 e. The molecule has 0 spiro atoms. The van der Waals surface area contributed by atoms with Crippen LogP contribution in [0.25, 0.3) is 66.1 Å². The van der Waals surface area contributed by atoms with Crippen LogP contribution >= 0.6 is 45.2 Å². The van der Waals surface area contributed by atoms with Gasteiger partial charge in [0.05, 0.1) is 129 Å². The summed E-state index contributed by atoms with van der Waals surface area (Å²) in [6.07, 6.45) is 54.0. The van der Waals surface area contributed by atoms with Gasteiger partial charge in [0.2, 0.25) is 0 Å². The number of nitrogens with zero attached hydrogens (tertiary/aromatic N) is 16. The van der Waals surface area contributed by atoms with Crippen LogP contribution in [0.3, 0.4) is 0 Å². The molecule has 9 aromatic heterocycles. The van der Waals surface area contributed by atoms with E-state index in [-0.39, 0.29) is 56.2 Å². The number of para-hydroxylation sites is 4. The van der Waals surface area contributed by atoms with E-state index in [1.54, 1.807) is 37.2 Å².